The first-order valence-electron chi connectivity index (χ1n) is 9.62. The van der Waals surface area contributed by atoms with E-state index in [1.165, 1.54) is 6.42 Å². The highest BCUT2D eigenvalue weighted by atomic mass is 127. The molecule has 0 radical (unpaired) electrons. The van der Waals surface area contributed by atoms with Gasteiger partial charge in [0.15, 0.2) is 5.96 Å². The number of aliphatic imine (C=N–C) groups is 1. The minimum atomic E-state index is 0. The van der Waals surface area contributed by atoms with Gasteiger partial charge in [-0.3, -0.25) is 4.99 Å². The molecule has 2 rings (SSSR count). The van der Waals surface area contributed by atoms with Crippen molar-refractivity contribution in [3.8, 4) is 0 Å². The standard InChI is InChI=1S/C19H33N5O2.HI/c1-3-4-14-25-16-17-26-15-9-22-19(20-2)24-12-10-23(11-13-24)18-7-5-6-8-21-18;/h5-8H,3-4,9-17H2,1-2H3,(H,20,22);1H. The van der Waals surface area contributed by atoms with E-state index in [1.807, 2.05) is 25.4 Å². The van der Waals surface area contributed by atoms with Crippen LogP contribution in [0.2, 0.25) is 0 Å². The zero-order valence-electron chi connectivity index (χ0n) is 16.6. The second kappa shape index (κ2) is 14.9. The van der Waals surface area contributed by atoms with Crippen molar-refractivity contribution in [3.63, 3.8) is 0 Å². The molecule has 1 aromatic rings. The summed E-state index contributed by atoms with van der Waals surface area (Å²) in [6.45, 7) is 9.48. The fourth-order valence-electron chi connectivity index (χ4n) is 2.82. The fourth-order valence-corrected chi connectivity index (χ4v) is 2.82. The number of nitrogens with zero attached hydrogens (tertiary/aromatic N) is 4. The number of unbranched alkanes of at least 4 members (excludes halogenated alkanes) is 1. The van der Waals surface area contributed by atoms with Crippen LogP contribution in [0.3, 0.4) is 0 Å². The molecule has 1 aromatic heterocycles. The van der Waals surface area contributed by atoms with E-state index < -0.39 is 0 Å². The van der Waals surface area contributed by atoms with Crippen LogP contribution in [0.1, 0.15) is 19.8 Å². The summed E-state index contributed by atoms with van der Waals surface area (Å²) in [5.74, 6) is 1.98. The summed E-state index contributed by atoms with van der Waals surface area (Å²) in [6, 6.07) is 6.04. The Labute approximate surface area is 180 Å². The highest BCUT2D eigenvalue weighted by Gasteiger charge is 2.20. The largest absolute Gasteiger partial charge is 0.379 e. The highest BCUT2D eigenvalue weighted by Crippen LogP contribution is 2.12. The number of hydrogen-bond acceptors (Lipinski definition) is 5. The number of rotatable bonds is 10. The molecule has 1 saturated heterocycles. The first-order chi connectivity index (χ1) is 12.8. The third-order valence-corrected chi connectivity index (χ3v) is 4.31. The maximum absolute atomic E-state index is 5.59. The van der Waals surface area contributed by atoms with Gasteiger partial charge in [0, 0.05) is 52.6 Å². The molecule has 1 aliphatic rings. The van der Waals surface area contributed by atoms with Gasteiger partial charge < -0.3 is 24.6 Å². The number of piperazine rings is 1. The third kappa shape index (κ3) is 9.07. The molecule has 154 valence electrons. The number of ether oxygens (including phenoxy) is 2. The van der Waals surface area contributed by atoms with Crippen molar-refractivity contribution in [2.75, 3.05) is 71.1 Å². The lowest BCUT2D eigenvalue weighted by Crippen LogP contribution is -2.53. The zero-order valence-corrected chi connectivity index (χ0v) is 18.9. The molecule has 0 saturated carbocycles. The number of anilines is 1. The summed E-state index contributed by atoms with van der Waals surface area (Å²) < 4.78 is 11.1. The first kappa shape index (κ1) is 23.9. The fraction of sp³-hybridized carbons (Fsp3) is 0.684. The van der Waals surface area contributed by atoms with E-state index >= 15 is 0 Å². The van der Waals surface area contributed by atoms with Crippen molar-refractivity contribution >= 4 is 35.8 Å². The maximum Gasteiger partial charge on any atom is 0.193 e. The molecule has 0 bridgehead atoms. The van der Waals surface area contributed by atoms with Crippen LogP contribution in [0, 0.1) is 0 Å². The summed E-state index contributed by atoms with van der Waals surface area (Å²) in [4.78, 5) is 13.4. The molecule has 1 N–H and O–H groups in total. The van der Waals surface area contributed by atoms with Crippen molar-refractivity contribution in [1.82, 2.24) is 15.2 Å². The van der Waals surface area contributed by atoms with Gasteiger partial charge in [0.05, 0.1) is 19.8 Å². The van der Waals surface area contributed by atoms with Gasteiger partial charge in [-0.05, 0) is 18.6 Å². The van der Waals surface area contributed by atoms with Crippen LogP contribution >= 0.6 is 24.0 Å². The number of nitrogens with one attached hydrogen (secondary N) is 1. The van der Waals surface area contributed by atoms with Gasteiger partial charge in [0.25, 0.3) is 0 Å². The van der Waals surface area contributed by atoms with Gasteiger partial charge in [-0.25, -0.2) is 4.98 Å². The van der Waals surface area contributed by atoms with Gasteiger partial charge in [-0.2, -0.15) is 0 Å². The Hall–Kier alpha value is -1.13. The van der Waals surface area contributed by atoms with Crippen molar-refractivity contribution < 1.29 is 9.47 Å². The van der Waals surface area contributed by atoms with E-state index in [9.17, 15) is 0 Å². The zero-order chi connectivity index (χ0) is 18.5. The summed E-state index contributed by atoms with van der Waals surface area (Å²) in [7, 11) is 1.83. The van der Waals surface area contributed by atoms with E-state index in [0.717, 1.165) is 57.5 Å². The second-order valence-electron chi connectivity index (χ2n) is 6.21. The van der Waals surface area contributed by atoms with Crippen molar-refractivity contribution in [2.45, 2.75) is 19.8 Å². The van der Waals surface area contributed by atoms with Crippen molar-refractivity contribution in [1.29, 1.82) is 0 Å². The molecular formula is C19H34IN5O2. The normalized spacial score (nSPS) is 14.8. The molecule has 1 fully saturated rings. The van der Waals surface area contributed by atoms with E-state index in [-0.39, 0.29) is 24.0 Å². The second-order valence-corrected chi connectivity index (χ2v) is 6.21. The Bertz CT molecular complexity index is 510. The molecule has 0 aliphatic carbocycles. The van der Waals surface area contributed by atoms with Crippen LogP contribution in [0.4, 0.5) is 5.82 Å². The minimum absolute atomic E-state index is 0. The van der Waals surface area contributed by atoms with Crippen molar-refractivity contribution in [3.05, 3.63) is 24.4 Å². The minimum Gasteiger partial charge on any atom is -0.379 e. The molecule has 0 unspecified atom stereocenters. The summed E-state index contributed by atoms with van der Waals surface area (Å²) in [5, 5.41) is 3.38. The summed E-state index contributed by atoms with van der Waals surface area (Å²) >= 11 is 0. The third-order valence-electron chi connectivity index (χ3n) is 4.31. The van der Waals surface area contributed by atoms with E-state index in [1.54, 1.807) is 0 Å². The average molecular weight is 491 g/mol. The van der Waals surface area contributed by atoms with Crippen molar-refractivity contribution in [2.24, 2.45) is 4.99 Å². The molecular weight excluding hydrogens is 457 g/mol. The number of halogens is 1. The number of hydrogen-bond donors (Lipinski definition) is 1. The van der Waals surface area contributed by atoms with Crippen LogP contribution in [0.5, 0.6) is 0 Å². The molecule has 8 heteroatoms. The average Bonchev–Trinajstić information content (AvgIpc) is 2.70. The van der Waals surface area contributed by atoms with Gasteiger partial charge in [0.2, 0.25) is 0 Å². The van der Waals surface area contributed by atoms with E-state index in [0.29, 0.717) is 19.8 Å². The SMILES string of the molecule is CCCCOCCOCCNC(=NC)N1CCN(c2ccccn2)CC1.I. The smallest absolute Gasteiger partial charge is 0.193 e. The highest BCUT2D eigenvalue weighted by molar-refractivity contribution is 14.0. The van der Waals surface area contributed by atoms with Crippen LogP contribution in [0.25, 0.3) is 0 Å². The molecule has 1 aliphatic heterocycles. The lowest BCUT2D eigenvalue weighted by molar-refractivity contribution is 0.0486. The van der Waals surface area contributed by atoms with Gasteiger partial charge in [-0.15, -0.1) is 24.0 Å². The Morgan fingerprint density at radius 1 is 1.11 bits per heavy atom. The quantitative estimate of drug-likeness (QED) is 0.235. The van der Waals surface area contributed by atoms with Gasteiger partial charge in [-0.1, -0.05) is 19.4 Å². The van der Waals surface area contributed by atoms with Crippen LogP contribution < -0.4 is 10.2 Å². The van der Waals surface area contributed by atoms with Gasteiger partial charge >= 0.3 is 0 Å². The predicted octanol–water partition coefficient (Wildman–Crippen LogP) is 2.23. The lowest BCUT2D eigenvalue weighted by atomic mass is 10.3. The number of pyridine rings is 1. The van der Waals surface area contributed by atoms with Crippen LogP contribution in [0.15, 0.2) is 29.4 Å². The molecule has 0 aromatic carbocycles. The van der Waals surface area contributed by atoms with E-state index in [4.69, 9.17) is 9.47 Å². The molecule has 0 atom stereocenters. The molecule has 27 heavy (non-hydrogen) atoms. The van der Waals surface area contributed by atoms with Crippen LogP contribution in [-0.4, -0.2) is 82.0 Å². The molecule has 2 heterocycles. The molecule has 7 nitrogen and oxygen atoms in total. The Morgan fingerprint density at radius 3 is 2.48 bits per heavy atom. The summed E-state index contributed by atoms with van der Waals surface area (Å²) in [6.07, 6.45) is 4.13. The first-order valence-corrected chi connectivity index (χ1v) is 9.62. The maximum atomic E-state index is 5.59. The van der Waals surface area contributed by atoms with Crippen LogP contribution in [-0.2, 0) is 9.47 Å². The van der Waals surface area contributed by atoms with E-state index in [2.05, 4.69) is 38.1 Å². The monoisotopic (exact) mass is 491 g/mol. The Balaban J connectivity index is 0.00000364. The summed E-state index contributed by atoms with van der Waals surface area (Å²) in [5.41, 5.74) is 0. The predicted molar refractivity (Wildman–Crippen MR) is 121 cm³/mol. The van der Waals surface area contributed by atoms with Gasteiger partial charge in [0.1, 0.15) is 5.82 Å². The number of guanidine groups is 1. The number of aromatic nitrogens is 1. The lowest BCUT2D eigenvalue weighted by Gasteiger charge is -2.37. The Kier molecular flexibility index (Phi) is 13.2. The topological polar surface area (TPSA) is 62.2 Å². The molecule has 0 spiro atoms. The molecule has 0 amide bonds. The Morgan fingerprint density at radius 2 is 1.85 bits per heavy atom.